The lowest BCUT2D eigenvalue weighted by Gasteiger charge is -2.19. The molecule has 3 rings (SSSR count). The first-order chi connectivity index (χ1) is 9.93. The zero-order valence-corrected chi connectivity index (χ0v) is 12.1. The summed E-state index contributed by atoms with van der Waals surface area (Å²) in [4.78, 5) is 0. The predicted octanol–water partition coefficient (Wildman–Crippen LogP) is 1.83. The van der Waals surface area contributed by atoms with Gasteiger partial charge in [-0.25, -0.2) is 0 Å². The van der Waals surface area contributed by atoms with Crippen LogP contribution in [0.1, 0.15) is 43.8 Å². The molecule has 2 aliphatic rings. The summed E-state index contributed by atoms with van der Waals surface area (Å²) in [6, 6.07) is 0. The van der Waals surface area contributed by atoms with Gasteiger partial charge in [-0.2, -0.15) is 0 Å². The summed E-state index contributed by atoms with van der Waals surface area (Å²) in [5, 5.41) is 12.2. The van der Waals surface area contributed by atoms with Gasteiger partial charge in [0.2, 0.25) is 0 Å². The third-order valence-electron chi connectivity index (χ3n) is 4.11. The highest BCUT2D eigenvalue weighted by molar-refractivity contribution is 4.98. The fraction of sp³-hybridized carbons (Fsp3) is 0.733. The lowest BCUT2D eigenvalue weighted by atomic mass is 10.1. The van der Waals surface area contributed by atoms with E-state index >= 15 is 0 Å². The summed E-state index contributed by atoms with van der Waals surface area (Å²) in [6.07, 6.45) is 12.3. The number of hydrogen-bond acceptors (Lipinski definition) is 4. The Labute approximate surface area is 120 Å². The third kappa shape index (κ3) is 3.39. The summed E-state index contributed by atoms with van der Waals surface area (Å²) < 4.78 is 7.87. The molecule has 0 amide bonds. The molecule has 0 bridgehead atoms. The average molecular weight is 276 g/mol. The van der Waals surface area contributed by atoms with Crippen LogP contribution in [0.2, 0.25) is 0 Å². The Morgan fingerprint density at radius 2 is 2.30 bits per heavy atom. The summed E-state index contributed by atoms with van der Waals surface area (Å²) in [5.74, 6) is 2.32. The summed E-state index contributed by atoms with van der Waals surface area (Å²) in [6.45, 7) is 2.96. The van der Waals surface area contributed by atoms with E-state index in [-0.39, 0.29) is 0 Å². The van der Waals surface area contributed by atoms with Crippen molar-refractivity contribution in [3.05, 3.63) is 24.0 Å². The van der Waals surface area contributed by atoms with E-state index < -0.39 is 0 Å². The third-order valence-corrected chi connectivity index (χ3v) is 4.11. The number of nitrogens with one attached hydrogen (secondary N) is 1. The highest BCUT2D eigenvalue weighted by atomic mass is 16.5. The molecular weight excluding hydrogens is 252 g/mol. The summed E-state index contributed by atoms with van der Waals surface area (Å²) in [7, 11) is 0. The summed E-state index contributed by atoms with van der Waals surface area (Å²) in [5.41, 5.74) is 0. The number of nitrogens with zero attached hydrogens (tertiary/aromatic N) is 3. The van der Waals surface area contributed by atoms with E-state index in [2.05, 4.69) is 26.2 Å². The van der Waals surface area contributed by atoms with Crippen molar-refractivity contribution in [2.24, 2.45) is 0 Å². The number of aromatic nitrogens is 3. The summed E-state index contributed by atoms with van der Waals surface area (Å²) >= 11 is 0. The zero-order chi connectivity index (χ0) is 13.6. The molecule has 20 heavy (non-hydrogen) atoms. The monoisotopic (exact) mass is 276 g/mol. The number of ether oxygens (including phenoxy) is 1. The van der Waals surface area contributed by atoms with E-state index in [9.17, 15) is 0 Å². The van der Waals surface area contributed by atoms with Gasteiger partial charge >= 0.3 is 0 Å². The van der Waals surface area contributed by atoms with Crippen LogP contribution in [-0.4, -0.2) is 34.0 Å². The lowest BCUT2D eigenvalue weighted by Crippen LogP contribution is -2.30. The Bertz CT molecular complexity index is 455. The molecule has 5 heteroatoms. The Balaban J connectivity index is 1.44. The molecule has 3 heterocycles. The molecule has 2 aliphatic heterocycles. The molecule has 0 aliphatic carbocycles. The number of rotatable bonds is 5. The Morgan fingerprint density at radius 1 is 1.30 bits per heavy atom. The molecule has 0 saturated carbocycles. The molecule has 1 unspecified atom stereocenters. The van der Waals surface area contributed by atoms with Gasteiger partial charge in [-0.3, -0.25) is 0 Å². The number of hydrogen-bond donors (Lipinski definition) is 1. The van der Waals surface area contributed by atoms with Gasteiger partial charge in [-0.05, 0) is 31.8 Å². The Hall–Kier alpha value is -1.36. The van der Waals surface area contributed by atoms with Crippen LogP contribution >= 0.6 is 0 Å². The van der Waals surface area contributed by atoms with E-state index in [1.165, 1.54) is 25.1 Å². The number of allylic oxidation sites excluding steroid dienone is 1. The van der Waals surface area contributed by atoms with E-state index in [4.69, 9.17) is 4.74 Å². The predicted molar refractivity (Wildman–Crippen MR) is 77.4 cm³/mol. The normalized spacial score (nSPS) is 22.1. The van der Waals surface area contributed by atoms with Crippen LogP contribution in [0.15, 0.2) is 12.3 Å². The molecule has 1 aromatic rings. The molecule has 1 N–H and O–H groups in total. The van der Waals surface area contributed by atoms with Gasteiger partial charge in [-0.15, -0.1) is 10.2 Å². The van der Waals surface area contributed by atoms with E-state index in [0.29, 0.717) is 6.10 Å². The van der Waals surface area contributed by atoms with E-state index in [0.717, 1.165) is 51.1 Å². The first-order valence-corrected chi connectivity index (χ1v) is 7.85. The largest absolute Gasteiger partial charge is 0.497 e. The SMILES string of the molecule is C1=COC(CNCCc2nnc3n2CCCCC3)CC1. The van der Waals surface area contributed by atoms with Crippen LogP contribution in [0.3, 0.4) is 0 Å². The highest BCUT2D eigenvalue weighted by Gasteiger charge is 2.14. The average Bonchev–Trinajstić information content (AvgIpc) is 2.72. The topological polar surface area (TPSA) is 52.0 Å². The van der Waals surface area contributed by atoms with Gasteiger partial charge in [0.05, 0.1) is 6.26 Å². The van der Waals surface area contributed by atoms with E-state index in [1.807, 2.05) is 6.26 Å². The van der Waals surface area contributed by atoms with Crippen molar-refractivity contribution in [3.63, 3.8) is 0 Å². The second kappa shape index (κ2) is 6.88. The maximum Gasteiger partial charge on any atom is 0.134 e. The molecule has 1 atom stereocenters. The van der Waals surface area contributed by atoms with Gasteiger partial charge in [0.15, 0.2) is 0 Å². The highest BCUT2D eigenvalue weighted by Crippen LogP contribution is 2.14. The first kappa shape index (κ1) is 13.6. The maximum absolute atomic E-state index is 5.55. The second-order valence-corrected chi connectivity index (χ2v) is 5.66. The number of fused-ring (bicyclic) bond motifs is 1. The smallest absolute Gasteiger partial charge is 0.134 e. The van der Waals surface area contributed by atoms with Crippen molar-refractivity contribution < 1.29 is 4.74 Å². The van der Waals surface area contributed by atoms with Gasteiger partial charge in [0.1, 0.15) is 17.8 Å². The van der Waals surface area contributed by atoms with Crippen molar-refractivity contribution in [2.75, 3.05) is 13.1 Å². The Kier molecular flexibility index (Phi) is 4.69. The molecule has 0 aromatic carbocycles. The molecule has 0 fully saturated rings. The van der Waals surface area contributed by atoms with Crippen LogP contribution in [0, 0.1) is 0 Å². The molecule has 1 aromatic heterocycles. The molecule has 110 valence electrons. The minimum absolute atomic E-state index is 0.329. The fourth-order valence-electron chi connectivity index (χ4n) is 2.93. The van der Waals surface area contributed by atoms with Crippen molar-refractivity contribution >= 4 is 0 Å². The van der Waals surface area contributed by atoms with Gasteiger partial charge in [-0.1, -0.05) is 6.42 Å². The molecule has 5 nitrogen and oxygen atoms in total. The molecule has 0 saturated heterocycles. The molecular formula is C15H24N4O. The standard InChI is InChI=1S/C15H24N4O/c1-2-7-14-17-18-15(19(14)10-4-1)8-9-16-12-13-6-3-5-11-20-13/h5,11,13,16H,1-4,6-10,12H2. The van der Waals surface area contributed by atoms with E-state index in [1.54, 1.807) is 0 Å². The lowest BCUT2D eigenvalue weighted by molar-refractivity contribution is 0.122. The van der Waals surface area contributed by atoms with Gasteiger partial charge in [0, 0.05) is 32.5 Å². The van der Waals surface area contributed by atoms with Crippen molar-refractivity contribution in [1.82, 2.24) is 20.1 Å². The van der Waals surface area contributed by atoms with Crippen molar-refractivity contribution in [1.29, 1.82) is 0 Å². The molecule has 0 radical (unpaired) electrons. The molecule has 0 spiro atoms. The van der Waals surface area contributed by atoms with Gasteiger partial charge in [0.25, 0.3) is 0 Å². The van der Waals surface area contributed by atoms with Crippen LogP contribution in [0.5, 0.6) is 0 Å². The zero-order valence-electron chi connectivity index (χ0n) is 12.1. The van der Waals surface area contributed by atoms with Crippen molar-refractivity contribution in [3.8, 4) is 0 Å². The quantitative estimate of drug-likeness (QED) is 0.834. The van der Waals surface area contributed by atoms with Crippen LogP contribution in [-0.2, 0) is 24.1 Å². The minimum Gasteiger partial charge on any atom is -0.497 e. The van der Waals surface area contributed by atoms with Crippen LogP contribution in [0.25, 0.3) is 0 Å². The maximum atomic E-state index is 5.55. The van der Waals surface area contributed by atoms with Crippen molar-refractivity contribution in [2.45, 2.75) is 57.6 Å². The second-order valence-electron chi connectivity index (χ2n) is 5.66. The van der Waals surface area contributed by atoms with Crippen LogP contribution < -0.4 is 5.32 Å². The first-order valence-electron chi connectivity index (χ1n) is 7.85. The fourth-order valence-corrected chi connectivity index (χ4v) is 2.93. The Morgan fingerprint density at radius 3 is 3.20 bits per heavy atom. The van der Waals surface area contributed by atoms with Gasteiger partial charge < -0.3 is 14.6 Å². The van der Waals surface area contributed by atoms with Crippen LogP contribution in [0.4, 0.5) is 0 Å². The minimum atomic E-state index is 0.329. The number of aryl methyl sites for hydroxylation is 1.